The molecular weight excluding hydrogens is 256 g/mol. The van der Waals surface area contributed by atoms with Crippen LogP contribution >= 0.6 is 0 Å². The second kappa shape index (κ2) is 5.85. The molecule has 0 radical (unpaired) electrons. The van der Waals surface area contributed by atoms with Crippen LogP contribution in [0, 0.1) is 11.3 Å². The van der Waals surface area contributed by atoms with Crippen LogP contribution in [0.2, 0.25) is 0 Å². The van der Waals surface area contributed by atoms with Gasteiger partial charge < -0.3 is 9.84 Å². The number of carbonyl (C=O) groups is 1. The Balaban J connectivity index is 2.31. The van der Waals surface area contributed by atoms with E-state index in [2.05, 4.69) is 4.98 Å². The maximum absolute atomic E-state index is 11.5. The molecule has 0 spiro atoms. The summed E-state index contributed by atoms with van der Waals surface area (Å²) in [4.78, 5) is 15.6. The van der Waals surface area contributed by atoms with E-state index >= 15 is 0 Å². The van der Waals surface area contributed by atoms with Crippen molar-refractivity contribution in [2.24, 2.45) is 0 Å². The van der Waals surface area contributed by atoms with Crippen molar-refractivity contribution in [1.82, 2.24) is 4.98 Å². The number of benzene rings is 1. The van der Waals surface area contributed by atoms with E-state index in [-0.39, 0.29) is 17.4 Å². The maximum Gasteiger partial charge on any atom is 0.338 e. The Morgan fingerprint density at radius 1 is 1.30 bits per heavy atom. The number of rotatable bonds is 3. The minimum absolute atomic E-state index is 0.0306. The van der Waals surface area contributed by atoms with Crippen LogP contribution in [0.25, 0.3) is 11.3 Å². The lowest BCUT2D eigenvalue weighted by molar-refractivity contribution is 0.0526. The van der Waals surface area contributed by atoms with E-state index in [1.54, 1.807) is 37.3 Å². The number of nitrogens with zero attached hydrogens (tertiary/aromatic N) is 2. The molecule has 0 atom stereocenters. The van der Waals surface area contributed by atoms with Crippen LogP contribution in [0.4, 0.5) is 0 Å². The fourth-order valence-electron chi connectivity index (χ4n) is 1.69. The number of aromatic hydroxyl groups is 1. The summed E-state index contributed by atoms with van der Waals surface area (Å²) >= 11 is 0. The van der Waals surface area contributed by atoms with Crippen LogP contribution in [0.5, 0.6) is 5.75 Å². The molecule has 0 amide bonds. The fourth-order valence-corrected chi connectivity index (χ4v) is 1.69. The van der Waals surface area contributed by atoms with Gasteiger partial charge >= 0.3 is 5.97 Å². The molecule has 2 rings (SSSR count). The third-order valence-electron chi connectivity index (χ3n) is 2.67. The molecule has 2 aromatic rings. The van der Waals surface area contributed by atoms with Crippen molar-refractivity contribution in [2.75, 3.05) is 6.61 Å². The Hall–Kier alpha value is -2.87. The third kappa shape index (κ3) is 2.75. The van der Waals surface area contributed by atoms with Gasteiger partial charge in [0.25, 0.3) is 0 Å². The van der Waals surface area contributed by atoms with Gasteiger partial charge in [-0.1, -0.05) is 12.1 Å². The topological polar surface area (TPSA) is 83.2 Å². The number of hydrogen-bond acceptors (Lipinski definition) is 5. The highest BCUT2D eigenvalue weighted by atomic mass is 16.5. The molecule has 0 saturated carbocycles. The molecule has 1 aromatic carbocycles. The number of hydrogen-bond donors (Lipinski definition) is 1. The van der Waals surface area contributed by atoms with E-state index in [0.717, 1.165) is 5.56 Å². The Bertz CT molecular complexity index is 673. The summed E-state index contributed by atoms with van der Waals surface area (Å²) in [6.45, 7) is 2.07. The highest BCUT2D eigenvalue weighted by Crippen LogP contribution is 2.22. The van der Waals surface area contributed by atoms with Crippen LogP contribution < -0.4 is 0 Å². The maximum atomic E-state index is 11.5. The summed E-state index contributed by atoms with van der Waals surface area (Å²) in [7, 11) is 0. The van der Waals surface area contributed by atoms with Gasteiger partial charge in [-0.2, -0.15) is 5.26 Å². The van der Waals surface area contributed by atoms with Gasteiger partial charge in [-0.15, -0.1) is 0 Å². The molecule has 0 saturated heterocycles. The second-order valence-electron chi connectivity index (χ2n) is 3.97. The quantitative estimate of drug-likeness (QED) is 0.865. The van der Waals surface area contributed by atoms with Crippen molar-refractivity contribution in [2.45, 2.75) is 6.92 Å². The molecule has 1 aromatic heterocycles. The molecule has 0 aliphatic heterocycles. The highest BCUT2D eigenvalue weighted by molar-refractivity contribution is 5.90. The van der Waals surface area contributed by atoms with E-state index in [1.165, 1.54) is 6.07 Å². The summed E-state index contributed by atoms with van der Waals surface area (Å²) in [5, 5.41) is 18.2. The number of aromatic nitrogens is 1. The number of nitriles is 1. The Morgan fingerprint density at radius 3 is 2.60 bits per heavy atom. The summed E-state index contributed by atoms with van der Waals surface area (Å²) in [5.41, 5.74) is 1.72. The molecule has 1 heterocycles. The molecule has 0 fully saturated rings. The van der Waals surface area contributed by atoms with Crippen molar-refractivity contribution in [3.05, 3.63) is 47.7 Å². The van der Waals surface area contributed by atoms with Gasteiger partial charge in [0.1, 0.15) is 6.07 Å². The van der Waals surface area contributed by atoms with E-state index < -0.39 is 0 Å². The molecule has 5 heteroatoms. The van der Waals surface area contributed by atoms with Gasteiger partial charge in [-0.25, -0.2) is 9.78 Å². The minimum Gasteiger partial charge on any atom is -0.505 e. The molecule has 20 heavy (non-hydrogen) atoms. The average Bonchev–Trinajstić information content (AvgIpc) is 2.48. The predicted octanol–water partition coefficient (Wildman–Crippen LogP) is 2.50. The normalized spacial score (nSPS) is 9.80. The van der Waals surface area contributed by atoms with Gasteiger partial charge in [0.05, 0.1) is 17.9 Å². The van der Waals surface area contributed by atoms with Crippen LogP contribution in [-0.4, -0.2) is 22.7 Å². The van der Waals surface area contributed by atoms with E-state index in [1.807, 2.05) is 6.07 Å². The number of ether oxygens (including phenoxy) is 1. The lowest BCUT2D eigenvalue weighted by Gasteiger charge is -2.05. The van der Waals surface area contributed by atoms with Gasteiger partial charge in [-0.05, 0) is 31.2 Å². The first-order chi connectivity index (χ1) is 9.65. The predicted molar refractivity (Wildman–Crippen MR) is 72.0 cm³/mol. The average molecular weight is 268 g/mol. The lowest BCUT2D eigenvalue weighted by atomic mass is 10.1. The van der Waals surface area contributed by atoms with Gasteiger partial charge in [-0.3, -0.25) is 0 Å². The molecule has 0 unspecified atom stereocenters. The molecule has 1 N–H and O–H groups in total. The molecule has 0 bridgehead atoms. The van der Waals surface area contributed by atoms with Crippen molar-refractivity contribution in [3.63, 3.8) is 0 Å². The van der Waals surface area contributed by atoms with Crippen LogP contribution in [-0.2, 0) is 4.74 Å². The van der Waals surface area contributed by atoms with E-state index in [4.69, 9.17) is 10.00 Å². The number of pyridine rings is 1. The van der Waals surface area contributed by atoms with Crippen LogP contribution in [0.15, 0.2) is 36.4 Å². The van der Waals surface area contributed by atoms with E-state index in [0.29, 0.717) is 17.9 Å². The van der Waals surface area contributed by atoms with Crippen LogP contribution in [0.1, 0.15) is 23.0 Å². The Morgan fingerprint density at radius 2 is 2.00 bits per heavy atom. The second-order valence-corrected chi connectivity index (χ2v) is 3.97. The zero-order chi connectivity index (χ0) is 14.5. The SMILES string of the molecule is CCOC(=O)c1ccc(-c2ccc(O)c(C#N)n2)cc1. The summed E-state index contributed by atoms with van der Waals surface area (Å²) < 4.78 is 4.90. The van der Waals surface area contributed by atoms with E-state index in [9.17, 15) is 9.90 Å². The largest absolute Gasteiger partial charge is 0.505 e. The summed E-state index contributed by atoms with van der Waals surface area (Å²) in [6, 6.07) is 11.5. The number of esters is 1. The van der Waals surface area contributed by atoms with Crippen molar-refractivity contribution < 1.29 is 14.6 Å². The highest BCUT2D eigenvalue weighted by Gasteiger charge is 2.08. The summed E-state index contributed by atoms with van der Waals surface area (Å²) in [6.07, 6.45) is 0. The van der Waals surface area contributed by atoms with Crippen molar-refractivity contribution in [1.29, 1.82) is 5.26 Å². The first kappa shape index (κ1) is 13.6. The first-order valence-electron chi connectivity index (χ1n) is 6.03. The smallest absolute Gasteiger partial charge is 0.338 e. The molecule has 5 nitrogen and oxygen atoms in total. The Kier molecular flexibility index (Phi) is 3.96. The van der Waals surface area contributed by atoms with Crippen molar-refractivity contribution in [3.8, 4) is 23.1 Å². The molecule has 0 aliphatic rings. The standard InChI is InChI=1S/C15H12N2O3/c1-2-20-15(19)11-5-3-10(4-6-11)12-7-8-14(18)13(9-16)17-12/h3-8,18H,2H2,1H3. The number of carbonyl (C=O) groups excluding carboxylic acids is 1. The van der Waals surface area contributed by atoms with Crippen LogP contribution in [0.3, 0.4) is 0 Å². The monoisotopic (exact) mass is 268 g/mol. The minimum atomic E-state index is -0.379. The zero-order valence-corrected chi connectivity index (χ0v) is 10.8. The fraction of sp³-hybridized carbons (Fsp3) is 0.133. The Labute approximate surface area is 116 Å². The molecule has 100 valence electrons. The third-order valence-corrected chi connectivity index (χ3v) is 2.67. The molecule has 0 aliphatic carbocycles. The van der Waals surface area contributed by atoms with Gasteiger partial charge in [0.2, 0.25) is 0 Å². The van der Waals surface area contributed by atoms with Crippen molar-refractivity contribution >= 4 is 5.97 Å². The first-order valence-corrected chi connectivity index (χ1v) is 6.03. The molecular formula is C15H12N2O3. The lowest BCUT2D eigenvalue weighted by Crippen LogP contribution is -2.04. The van der Waals surface area contributed by atoms with Gasteiger partial charge in [0.15, 0.2) is 11.4 Å². The summed E-state index contributed by atoms with van der Waals surface area (Å²) in [5.74, 6) is -0.533. The zero-order valence-electron chi connectivity index (χ0n) is 10.8. The van der Waals surface area contributed by atoms with Gasteiger partial charge in [0, 0.05) is 5.56 Å².